The third-order valence-corrected chi connectivity index (χ3v) is 5.54. The van der Waals surface area contributed by atoms with E-state index in [0.29, 0.717) is 49.0 Å². The molecule has 0 atom stereocenters. The van der Waals surface area contributed by atoms with Gasteiger partial charge in [-0.05, 0) is 30.3 Å². The van der Waals surface area contributed by atoms with Crippen LogP contribution in [0.25, 0.3) is 17.0 Å². The van der Waals surface area contributed by atoms with Crippen molar-refractivity contribution in [3.05, 3.63) is 73.1 Å². The van der Waals surface area contributed by atoms with Gasteiger partial charge in [-0.25, -0.2) is 13.8 Å². The number of amides is 1. The maximum Gasteiger partial charge on any atom is 0.247 e. The fraction of sp³-hybridized carbons (Fsp3) is 0.167. The van der Waals surface area contributed by atoms with Crippen LogP contribution in [0.15, 0.2) is 61.4 Å². The van der Waals surface area contributed by atoms with Crippen LogP contribution in [0.5, 0.6) is 0 Å². The van der Waals surface area contributed by atoms with Crippen molar-refractivity contribution in [2.75, 3.05) is 41.8 Å². The minimum absolute atomic E-state index is 0.0462. The molecular formula is C24H21F2N7O2. The van der Waals surface area contributed by atoms with E-state index in [2.05, 4.69) is 32.4 Å². The average Bonchev–Trinajstić information content (AvgIpc) is 3.31. The molecule has 11 heteroatoms. The van der Waals surface area contributed by atoms with Crippen LogP contribution in [0, 0.1) is 11.6 Å². The van der Waals surface area contributed by atoms with Crippen LogP contribution in [0.2, 0.25) is 0 Å². The van der Waals surface area contributed by atoms with E-state index in [9.17, 15) is 13.6 Å². The van der Waals surface area contributed by atoms with Crippen molar-refractivity contribution in [3.63, 3.8) is 0 Å². The molecule has 5 rings (SSSR count). The number of hydrogen-bond acceptors (Lipinski definition) is 7. The number of anilines is 4. The highest BCUT2D eigenvalue weighted by Gasteiger charge is 2.20. The summed E-state index contributed by atoms with van der Waals surface area (Å²) >= 11 is 0. The minimum atomic E-state index is -0.995. The number of nitrogens with one attached hydrogen (secondary N) is 2. The van der Waals surface area contributed by atoms with Gasteiger partial charge in [-0.15, -0.1) is 10.2 Å². The first kappa shape index (κ1) is 22.4. The monoisotopic (exact) mass is 477 g/mol. The summed E-state index contributed by atoms with van der Waals surface area (Å²) in [5.41, 5.74) is 1.86. The van der Waals surface area contributed by atoms with Crippen LogP contribution >= 0.6 is 0 Å². The molecule has 1 saturated heterocycles. The number of hydrogen-bond donors (Lipinski definition) is 2. The Labute approximate surface area is 199 Å². The second-order valence-electron chi connectivity index (χ2n) is 7.78. The van der Waals surface area contributed by atoms with Crippen molar-refractivity contribution in [2.24, 2.45) is 0 Å². The van der Waals surface area contributed by atoms with Crippen LogP contribution in [0.1, 0.15) is 0 Å². The number of rotatable bonds is 6. The van der Waals surface area contributed by atoms with E-state index >= 15 is 0 Å². The van der Waals surface area contributed by atoms with Gasteiger partial charge in [-0.1, -0.05) is 18.7 Å². The fourth-order valence-corrected chi connectivity index (χ4v) is 3.81. The smallest absolute Gasteiger partial charge is 0.247 e. The lowest BCUT2D eigenvalue weighted by Gasteiger charge is -2.29. The van der Waals surface area contributed by atoms with Crippen LogP contribution < -0.4 is 15.5 Å². The molecule has 0 aliphatic carbocycles. The molecule has 4 aromatic rings. The van der Waals surface area contributed by atoms with Crippen LogP contribution in [-0.2, 0) is 9.53 Å². The lowest BCUT2D eigenvalue weighted by molar-refractivity contribution is -0.111. The van der Waals surface area contributed by atoms with E-state index in [-0.39, 0.29) is 23.1 Å². The summed E-state index contributed by atoms with van der Waals surface area (Å²) in [6, 6.07) is 10.1. The van der Waals surface area contributed by atoms with Crippen molar-refractivity contribution < 1.29 is 18.3 Å². The quantitative estimate of drug-likeness (QED) is 0.408. The lowest BCUT2D eigenvalue weighted by Crippen LogP contribution is -2.36. The molecule has 178 valence electrons. The number of ether oxygens (including phenoxy) is 1. The maximum atomic E-state index is 14.9. The zero-order chi connectivity index (χ0) is 24.4. The van der Waals surface area contributed by atoms with Gasteiger partial charge in [0.15, 0.2) is 23.1 Å². The third-order valence-electron chi connectivity index (χ3n) is 5.54. The Morgan fingerprint density at radius 1 is 1.11 bits per heavy atom. The van der Waals surface area contributed by atoms with Gasteiger partial charge >= 0.3 is 0 Å². The number of halogens is 2. The summed E-state index contributed by atoms with van der Waals surface area (Å²) in [4.78, 5) is 17.6. The number of morpholine rings is 1. The molecule has 9 nitrogen and oxygen atoms in total. The number of nitrogens with zero attached hydrogens (tertiary/aromatic N) is 5. The van der Waals surface area contributed by atoms with Gasteiger partial charge in [0, 0.05) is 24.3 Å². The van der Waals surface area contributed by atoms with Crippen LogP contribution in [-0.4, -0.2) is 51.8 Å². The summed E-state index contributed by atoms with van der Waals surface area (Å²) in [6.45, 7) is 5.37. The van der Waals surface area contributed by atoms with Gasteiger partial charge in [-0.2, -0.15) is 0 Å². The number of carbonyl (C=O) groups is 1. The summed E-state index contributed by atoms with van der Waals surface area (Å²) in [7, 11) is 0. The molecule has 0 unspecified atom stereocenters. The standard InChI is InChI=1S/C24H21F2N7O2/c1-2-21(34)28-16-5-3-4-15(12-16)24-31-30-20-13-27-19(14-33(20)24)29-17-6-7-18(23(26)22(17)25)32-8-10-35-11-9-32/h2-7,12-14,29H,1,8-11H2,(H,28,34). The minimum Gasteiger partial charge on any atom is -0.378 e. The van der Waals surface area contributed by atoms with E-state index in [4.69, 9.17) is 4.74 Å². The lowest BCUT2D eigenvalue weighted by atomic mass is 10.2. The van der Waals surface area contributed by atoms with Crippen LogP contribution in [0.4, 0.5) is 31.7 Å². The van der Waals surface area contributed by atoms with Crippen molar-refractivity contribution in [3.8, 4) is 11.4 Å². The summed E-state index contributed by atoms with van der Waals surface area (Å²) < 4.78 is 36.6. The van der Waals surface area contributed by atoms with E-state index in [0.717, 1.165) is 0 Å². The van der Waals surface area contributed by atoms with Crippen molar-refractivity contribution in [2.45, 2.75) is 0 Å². The number of aromatic nitrogens is 4. The molecule has 3 heterocycles. The van der Waals surface area contributed by atoms with Gasteiger partial charge in [0.1, 0.15) is 5.82 Å². The first-order valence-electron chi connectivity index (χ1n) is 10.9. The second-order valence-corrected chi connectivity index (χ2v) is 7.78. The Kier molecular flexibility index (Phi) is 6.06. The molecule has 1 aliphatic rings. The predicted molar refractivity (Wildman–Crippen MR) is 128 cm³/mol. The highest BCUT2D eigenvalue weighted by atomic mass is 19.2. The Balaban J connectivity index is 1.44. The topological polar surface area (TPSA) is 96.7 Å². The Hall–Kier alpha value is -4.38. The zero-order valence-corrected chi connectivity index (χ0v) is 18.5. The van der Waals surface area contributed by atoms with Gasteiger partial charge < -0.3 is 20.3 Å². The molecule has 35 heavy (non-hydrogen) atoms. The van der Waals surface area contributed by atoms with Crippen molar-refractivity contribution in [1.82, 2.24) is 19.6 Å². The highest BCUT2D eigenvalue weighted by molar-refractivity contribution is 5.99. The Bertz CT molecular complexity index is 1420. The first-order chi connectivity index (χ1) is 17.0. The molecule has 0 spiro atoms. The SMILES string of the molecule is C=CC(=O)Nc1cccc(-c2nnc3cnc(Nc4ccc(N5CCOCC5)c(F)c4F)cn23)c1. The molecule has 2 aromatic heterocycles. The third kappa shape index (κ3) is 4.53. The number of carbonyl (C=O) groups excluding carboxylic acids is 1. The Morgan fingerprint density at radius 3 is 2.74 bits per heavy atom. The molecule has 0 radical (unpaired) electrons. The second kappa shape index (κ2) is 9.47. The van der Waals surface area contributed by atoms with Gasteiger partial charge in [0.25, 0.3) is 0 Å². The van der Waals surface area contributed by atoms with Gasteiger partial charge in [0.2, 0.25) is 5.91 Å². The van der Waals surface area contributed by atoms with E-state index < -0.39 is 11.6 Å². The van der Waals surface area contributed by atoms with Crippen molar-refractivity contribution in [1.29, 1.82) is 0 Å². The van der Waals surface area contributed by atoms with Gasteiger partial charge in [-0.3, -0.25) is 9.20 Å². The van der Waals surface area contributed by atoms with E-state index in [1.165, 1.54) is 24.4 Å². The molecule has 2 N–H and O–H groups in total. The summed E-state index contributed by atoms with van der Waals surface area (Å²) in [5.74, 6) is -1.51. The maximum absolute atomic E-state index is 14.9. The predicted octanol–water partition coefficient (Wildman–Crippen LogP) is 3.77. The Morgan fingerprint density at radius 2 is 1.94 bits per heavy atom. The van der Waals surface area contributed by atoms with E-state index in [1.54, 1.807) is 33.7 Å². The normalized spacial score (nSPS) is 13.6. The number of fused-ring (bicyclic) bond motifs is 1. The zero-order valence-electron chi connectivity index (χ0n) is 18.5. The van der Waals surface area contributed by atoms with E-state index in [1.807, 2.05) is 6.07 Å². The van der Waals surface area contributed by atoms with Gasteiger partial charge in [0.05, 0.1) is 37.0 Å². The highest BCUT2D eigenvalue weighted by Crippen LogP contribution is 2.30. The number of benzene rings is 2. The summed E-state index contributed by atoms with van der Waals surface area (Å²) in [5, 5.41) is 13.9. The molecule has 1 aliphatic heterocycles. The molecule has 0 saturated carbocycles. The molecule has 2 aromatic carbocycles. The largest absolute Gasteiger partial charge is 0.378 e. The summed E-state index contributed by atoms with van der Waals surface area (Å²) in [6.07, 6.45) is 4.24. The molecule has 0 bridgehead atoms. The fourth-order valence-electron chi connectivity index (χ4n) is 3.81. The first-order valence-corrected chi connectivity index (χ1v) is 10.9. The molecular weight excluding hydrogens is 456 g/mol. The average molecular weight is 477 g/mol. The van der Waals surface area contributed by atoms with Crippen molar-refractivity contribution >= 4 is 34.4 Å². The van der Waals surface area contributed by atoms with Crippen LogP contribution in [0.3, 0.4) is 0 Å². The molecule has 1 amide bonds. The molecule has 1 fully saturated rings.